The third-order valence-corrected chi connectivity index (χ3v) is 60.7. The molecule has 1 spiro atoms. The Balaban J connectivity index is 1.11. The van der Waals surface area contributed by atoms with Gasteiger partial charge in [-0.05, 0) is 0 Å². The molecule has 3 heteroatoms. The van der Waals surface area contributed by atoms with Crippen LogP contribution in [0.3, 0.4) is 0 Å². The first-order chi connectivity index (χ1) is 13.9. The maximum atomic E-state index is 14.1. The Morgan fingerprint density at radius 1 is 0.724 bits per heavy atom. The third-order valence-electron chi connectivity index (χ3n) is 17.9. The van der Waals surface area contributed by atoms with E-state index in [0.717, 1.165) is 49.7 Å². The summed E-state index contributed by atoms with van der Waals surface area (Å²) in [4.78, 5) is 34.6. The molecular formula is C26H20FeO2. The van der Waals surface area contributed by atoms with Gasteiger partial charge in [-0.25, -0.2) is 0 Å². The second-order valence-corrected chi connectivity index (χ2v) is 36.8. The van der Waals surface area contributed by atoms with Crippen LogP contribution in [0.2, 0.25) is 47.2 Å². The fourth-order valence-corrected chi connectivity index (χ4v) is 94.9. The van der Waals surface area contributed by atoms with E-state index in [9.17, 15) is 9.59 Å². The molecular weight excluding hydrogens is 400 g/mol. The summed E-state index contributed by atoms with van der Waals surface area (Å²) in [5.41, 5.74) is 1.78. The third kappa shape index (κ3) is 0.223. The van der Waals surface area contributed by atoms with Crippen LogP contribution >= 0.6 is 0 Å². The number of Topliss-reactive ketones (excluding diaryl/α,β-unsaturated/α-hetero) is 1. The predicted molar refractivity (Wildman–Crippen MR) is 106 cm³/mol. The van der Waals surface area contributed by atoms with Gasteiger partial charge in [-0.2, -0.15) is 0 Å². The van der Waals surface area contributed by atoms with Gasteiger partial charge in [-0.1, -0.05) is 0 Å². The molecule has 2 nitrogen and oxygen atoms in total. The maximum absolute atomic E-state index is 14.1. The standard InChI is InChI=1S/C14H11O.C12H9O.Fe/c15-14(13-8-2-1-3-9-13)11-10-12-6-4-5-7-12;13-12(11-8-4-5-9-11)10-6-2-1-3-7-10;/h1-11H;1-9H;. The fraction of sp³-hybridized carbons (Fsp3) is 0.385. The molecule has 10 saturated heterocycles. The minimum absolute atomic E-state index is 0.157. The molecule has 8 atom stereocenters. The molecule has 0 saturated carbocycles. The molecule has 10 aliphatic heterocycles. The molecule has 8 unspecified atom stereocenters. The summed E-state index contributed by atoms with van der Waals surface area (Å²) in [6.07, 6.45) is 4.39. The number of allylic oxidation sites excluding steroid dienone is 2. The van der Waals surface area contributed by atoms with Crippen LogP contribution in [0.1, 0.15) is 20.7 Å². The van der Waals surface area contributed by atoms with Gasteiger partial charge in [-0.15, -0.1) is 0 Å². The molecule has 0 bridgehead atoms. The minimum atomic E-state index is -3.88. The van der Waals surface area contributed by atoms with Crippen LogP contribution in [-0.4, -0.2) is 11.6 Å². The molecule has 0 aromatic heterocycles. The van der Waals surface area contributed by atoms with E-state index in [4.69, 9.17) is 0 Å². The molecule has 10 heterocycles. The molecule has 2 aromatic carbocycles. The summed E-state index contributed by atoms with van der Waals surface area (Å²) in [5, 5.41) is 0. The molecule has 12 rings (SSSR count). The van der Waals surface area contributed by atoms with Crippen LogP contribution in [0.15, 0.2) is 72.8 Å². The van der Waals surface area contributed by atoms with E-state index in [0.29, 0.717) is 10.1 Å². The summed E-state index contributed by atoms with van der Waals surface area (Å²) in [6, 6.07) is 19.9. The normalized spacial score (nSPS) is 77.1. The van der Waals surface area contributed by atoms with Crippen molar-refractivity contribution < 1.29 is 16.1 Å². The number of hydrogen-bond acceptors (Lipinski definition) is 2. The van der Waals surface area contributed by atoms with Crippen LogP contribution in [0.5, 0.6) is 0 Å². The number of benzene rings is 2. The number of rotatable bonds is 5. The van der Waals surface area contributed by atoms with Crippen molar-refractivity contribution in [1.29, 1.82) is 0 Å². The summed E-state index contributed by atoms with van der Waals surface area (Å²) >= 11 is 0. The van der Waals surface area contributed by atoms with Crippen molar-refractivity contribution in [3.8, 4) is 0 Å². The van der Waals surface area contributed by atoms with Crippen LogP contribution < -0.4 is 0 Å². The number of hydrogen-bond donors (Lipinski definition) is 0. The van der Waals surface area contributed by atoms with E-state index in [1.807, 2.05) is 54.6 Å². The Morgan fingerprint density at radius 3 is 1.76 bits per heavy atom. The van der Waals surface area contributed by atoms with Gasteiger partial charge in [-0.3, -0.25) is 0 Å². The van der Waals surface area contributed by atoms with E-state index in [-0.39, 0.29) is 10.1 Å². The molecule has 29 heavy (non-hydrogen) atoms. The molecule has 10 fully saturated rings. The van der Waals surface area contributed by atoms with Crippen LogP contribution in [-0.2, 0) is 6.51 Å². The Bertz CT molecular complexity index is 1740. The number of carbonyl (C=O) groups excluding carboxylic acids is 2. The zero-order valence-electron chi connectivity index (χ0n) is 15.7. The van der Waals surface area contributed by atoms with Crippen molar-refractivity contribution in [2.45, 2.75) is 47.2 Å². The van der Waals surface area contributed by atoms with Gasteiger partial charge < -0.3 is 0 Å². The first-order valence-corrected chi connectivity index (χ1v) is 17.2. The van der Waals surface area contributed by atoms with Crippen molar-refractivity contribution in [2.75, 3.05) is 0 Å². The summed E-state index contributed by atoms with van der Waals surface area (Å²) < 4.78 is 0.569. The van der Waals surface area contributed by atoms with E-state index in [1.54, 1.807) is 0 Å². The zero-order chi connectivity index (χ0) is 18.7. The molecule has 0 radical (unpaired) electrons. The van der Waals surface area contributed by atoms with Crippen LogP contribution in [0.4, 0.5) is 0 Å². The van der Waals surface area contributed by atoms with Crippen molar-refractivity contribution in [3.05, 3.63) is 83.9 Å². The Hall–Kier alpha value is -1.96. The summed E-state index contributed by atoms with van der Waals surface area (Å²) in [5.74, 6) is 0.719. The van der Waals surface area contributed by atoms with Gasteiger partial charge in [0.25, 0.3) is 0 Å². The van der Waals surface area contributed by atoms with E-state index in [2.05, 4.69) is 18.2 Å². The van der Waals surface area contributed by atoms with Gasteiger partial charge >= 0.3 is 159 Å². The Kier molecular flexibility index (Phi) is 0.672. The zero-order valence-corrected chi connectivity index (χ0v) is 16.8. The molecule has 2 aromatic rings. The van der Waals surface area contributed by atoms with Gasteiger partial charge in [0.2, 0.25) is 0 Å². The number of fused-ring (bicyclic) bond motifs is 10. The second kappa shape index (κ2) is 1.54. The first kappa shape index (κ1) is 12.7. The molecule has 0 amide bonds. The average Bonchev–Trinajstić information content (AvgIpc) is 3.72. The number of ketones is 2. The molecule has 0 N–H and O–H groups in total. The van der Waals surface area contributed by atoms with Gasteiger partial charge in [0.1, 0.15) is 0 Å². The Morgan fingerprint density at radius 2 is 1.24 bits per heavy atom. The molecule has 10 aliphatic rings. The summed E-state index contributed by atoms with van der Waals surface area (Å²) in [7, 11) is 0. The van der Waals surface area contributed by atoms with Crippen molar-refractivity contribution in [3.63, 3.8) is 0 Å². The molecule has 0 aliphatic carbocycles. The van der Waals surface area contributed by atoms with Crippen molar-refractivity contribution in [2.24, 2.45) is 0 Å². The first-order valence-electron chi connectivity index (χ1n) is 11.0. The van der Waals surface area contributed by atoms with Crippen molar-refractivity contribution in [1.82, 2.24) is 0 Å². The van der Waals surface area contributed by atoms with E-state index in [1.165, 1.54) is 0 Å². The SMILES string of the molecule is O=C(C=C[C]12[CH]3[CH]4[CH]5[CH]1[Fe]45321678[CH]2[CH]1[CH]6[C]7(C(=O)c1ccccc1)[CH]28)c1ccccc1. The monoisotopic (exact) mass is 420 g/mol. The predicted octanol–water partition coefficient (Wildman–Crippen LogP) is 6.44. The second-order valence-electron chi connectivity index (χ2n) is 13.6. The Labute approximate surface area is 158 Å². The van der Waals surface area contributed by atoms with Crippen molar-refractivity contribution >= 4 is 11.6 Å². The van der Waals surface area contributed by atoms with Crippen LogP contribution in [0.25, 0.3) is 0 Å². The molecule has 144 valence electrons. The topological polar surface area (TPSA) is 34.1 Å². The van der Waals surface area contributed by atoms with Gasteiger partial charge in [0.15, 0.2) is 0 Å². The van der Waals surface area contributed by atoms with Gasteiger partial charge in [0, 0.05) is 0 Å². The van der Waals surface area contributed by atoms with E-state index < -0.39 is 6.51 Å². The van der Waals surface area contributed by atoms with E-state index >= 15 is 0 Å². The quantitative estimate of drug-likeness (QED) is 0.317. The van der Waals surface area contributed by atoms with Crippen LogP contribution in [0, 0.1) is 0 Å². The summed E-state index contributed by atoms with van der Waals surface area (Å²) in [6.45, 7) is -3.88. The number of carbonyl (C=O) groups is 2. The fourth-order valence-electron chi connectivity index (χ4n) is 19.5. The van der Waals surface area contributed by atoms with Gasteiger partial charge in [0.05, 0.1) is 0 Å². The average molecular weight is 420 g/mol.